The maximum Gasteiger partial charge on any atom is 0.154 e. The van der Waals surface area contributed by atoms with Gasteiger partial charge in [-0.25, -0.2) is 4.39 Å². The van der Waals surface area contributed by atoms with Crippen molar-refractivity contribution in [2.45, 2.75) is 51.7 Å². The second-order valence-corrected chi connectivity index (χ2v) is 7.75. The SMILES string of the molecule is C=CC(C)N=C(C(CCC1CC1C(O)O)=NC/C=C(\C)C(N)O)c1ccc(F)cc1. The molecule has 4 atom stereocenters. The van der Waals surface area contributed by atoms with Gasteiger partial charge in [0.05, 0.1) is 24.0 Å². The maximum absolute atomic E-state index is 13.5. The number of rotatable bonds is 11. The predicted molar refractivity (Wildman–Crippen MR) is 118 cm³/mol. The van der Waals surface area contributed by atoms with E-state index in [9.17, 15) is 19.7 Å². The van der Waals surface area contributed by atoms with Crippen molar-refractivity contribution in [2.24, 2.45) is 27.6 Å². The fraction of sp³-hybridized carbons (Fsp3) is 0.478. The molecule has 1 aliphatic carbocycles. The highest BCUT2D eigenvalue weighted by molar-refractivity contribution is 6.48. The Morgan fingerprint density at radius 1 is 1.30 bits per heavy atom. The van der Waals surface area contributed by atoms with E-state index in [0.29, 0.717) is 24.3 Å². The molecular weight excluding hydrogens is 385 g/mol. The van der Waals surface area contributed by atoms with Crippen LogP contribution in [0.3, 0.4) is 0 Å². The average molecular weight is 418 g/mol. The number of hydrogen-bond donors (Lipinski definition) is 4. The third-order valence-corrected chi connectivity index (χ3v) is 5.34. The summed E-state index contributed by atoms with van der Waals surface area (Å²) in [6.45, 7) is 7.73. The lowest BCUT2D eigenvalue weighted by molar-refractivity contribution is -0.0602. The van der Waals surface area contributed by atoms with Crippen molar-refractivity contribution in [1.29, 1.82) is 0 Å². The van der Waals surface area contributed by atoms with Crippen molar-refractivity contribution in [3.63, 3.8) is 0 Å². The average Bonchev–Trinajstić information content (AvgIpc) is 3.49. The first-order chi connectivity index (χ1) is 14.2. The smallest absolute Gasteiger partial charge is 0.154 e. The largest absolute Gasteiger partial charge is 0.375 e. The molecule has 4 unspecified atom stereocenters. The van der Waals surface area contributed by atoms with Gasteiger partial charge in [0.1, 0.15) is 12.0 Å². The molecule has 1 aliphatic rings. The summed E-state index contributed by atoms with van der Waals surface area (Å²) in [4.78, 5) is 9.42. The fourth-order valence-electron chi connectivity index (χ4n) is 3.16. The van der Waals surface area contributed by atoms with Gasteiger partial charge in [-0.15, -0.1) is 6.58 Å². The molecule has 5 N–H and O–H groups in total. The van der Waals surface area contributed by atoms with E-state index in [2.05, 4.69) is 6.58 Å². The summed E-state index contributed by atoms with van der Waals surface area (Å²) in [6.07, 6.45) is 3.25. The highest BCUT2D eigenvalue weighted by Crippen LogP contribution is 2.44. The van der Waals surface area contributed by atoms with Crippen LogP contribution in [0.2, 0.25) is 0 Å². The summed E-state index contributed by atoms with van der Waals surface area (Å²) in [7, 11) is 0. The van der Waals surface area contributed by atoms with Gasteiger partial charge in [-0.3, -0.25) is 9.98 Å². The lowest BCUT2D eigenvalue weighted by Crippen LogP contribution is -2.21. The number of halogens is 1. The fourth-order valence-corrected chi connectivity index (χ4v) is 3.16. The molecular formula is C23H32FN3O3. The van der Waals surface area contributed by atoms with Crippen LogP contribution in [-0.4, -0.2) is 51.8 Å². The van der Waals surface area contributed by atoms with Crippen LogP contribution in [0.4, 0.5) is 4.39 Å². The van der Waals surface area contributed by atoms with Crippen molar-refractivity contribution in [3.8, 4) is 0 Å². The van der Waals surface area contributed by atoms with Gasteiger partial charge >= 0.3 is 0 Å². The summed E-state index contributed by atoms with van der Waals surface area (Å²) in [6, 6.07) is 5.94. The van der Waals surface area contributed by atoms with Gasteiger partial charge in [0.2, 0.25) is 0 Å². The molecule has 7 heteroatoms. The number of hydrogen-bond acceptors (Lipinski definition) is 6. The number of nitrogens with zero attached hydrogens (tertiary/aromatic N) is 2. The Morgan fingerprint density at radius 3 is 2.50 bits per heavy atom. The Hall–Kier alpha value is -2.19. The van der Waals surface area contributed by atoms with Gasteiger partial charge in [-0.05, 0) is 68.9 Å². The van der Waals surface area contributed by atoms with Crippen LogP contribution >= 0.6 is 0 Å². The van der Waals surface area contributed by atoms with E-state index in [4.69, 9.17) is 15.7 Å². The molecule has 0 amide bonds. The number of aliphatic hydroxyl groups is 3. The first-order valence-electron chi connectivity index (χ1n) is 10.2. The number of aliphatic hydroxyl groups excluding tert-OH is 2. The normalized spacial score (nSPS) is 22.2. The summed E-state index contributed by atoms with van der Waals surface area (Å²) in [5.41, 5.74) is 8.23. The van der Waals surface area contributed by atoms with Crippen molar-refractivity contribution >= 4 is 11.4 Å². The topological polar surface area (TPSA) is 111 Å². The standard InChI is InChI=1S/C23H32FN3O3/c1-4-15(3)27-21(16-5-8-18(24)9-6-16)20(26-12-11-14(2)22(25)28)10-7-17-13-19(17)23(29)30/h4-6,8-9,11,15,17,19,22-23,28-30H,1,7,10,12-13,25H2,2-3H3/b14-11+,26-20?,27-21?. The van der Waals surface area contributed by atoms with Crippen LogP contribution in [0, 0.1) is 17.7 Å². The molecule has 2 rings (SSSR count). The number of aliphatic imine (C=N–C) groups is 2. The monoisotopic (exact) mass is 417 g/mol. The first-order valence-corrected chi connectivity index (χ1v) is 10.2. The molecule has 1 saturated carbocycles. The lowest BCUT2D eigenvalue weighted by Gasteiger charge is -2.14. The predicted octanol–water partition coefficient (Wildman–Crippen LogP) is 2.58. The van der Waals surface area contributed by atoms with Crippen molar-refractivity contribution in [3.05, 3.63) is 60.0 Å². The molecule has 1 fully saturated rings. The van der Waals surface area contributed by atoms with Gasteiger partial charge in [0.15, 0.2) is 6.29 Å². The van der Waals surface area contributed by atoms with E-state index in [0.717, 1.165) is 24.1 Å². The molecule has 0 saturated heterocycles. The van der Waals surface area contributed by atoms with Crippen molar-refractivity contribution in [1.82, 2.24) is 0 Å². The van der Waals surface area contributed by atoms with Crippen LogP contribution < -0.4 is 5.73 Å². The minimum atomic E-state index is -1.29. The molecule has 164 valence electrons. The molecule has 0 aromatic heterocycles. The highest BCUT2D eigenvalue weighted by Gasteiger charge is 2.41. The Labute approximate surface area is 177 Å². The Kier molecular flexibility index (Phi) is 9.05. The van der Waals surface area contributed by atoms with Crippen molar-refractivity contribution < 1.29 is 19.7 Å². The molecule has 1 aromatic carbocycles. The second-order valence-electron chi connectivity index (χ2n) is 7.75. The minimum absolute atomic E-state index is 0.0981. The molecule has 30 heavy (non-hydrogen) atoms. The third kappa shape index (κ3) is 7.25. The van der Waals surface area contributed by atoms with E-state index < -0.39 is 12.5 Å². The van der Waals surface area contributed by atoms with Crippen LogP contribution in [0.15, 0.2) is 58.6 Å². The molecule has 0 radical (unpaired) electrons. The molecule has 6 nitrogen and oxygen atoms in total. The first kappa shape index (κ1) is 24.1. The Balaban J connectivity index is 2.33. The Bertz CT molecular complexity index is 800. The summed E-state index contributed by atoms with van der Waals surface area (Å²) in [5, 5.41) is 28.2. The lowest BCUT2D eigenvalue weighted by atomic mass is 9.99. The molecule has 0 aliphatic heterocycles. The zero-order valence-electron chi connectivity index (χ0n) is 17.6. The third-order valence-electron chi connectivity index (χ3n) is 5.34. The van der Waals surface area contributed by atoms with Crippen LogP contribution in [0.5, 0.6) is 0 Å². The van der Waals surface area contributed by atoms with Crippen LogP contribution in [-0.2, 0) is 0 Å². The highest BCUT2D eigenvalue weighted by atomic mass is 19.1. The quantitative estimate of drug-likeness (QED) is 0.252. The Morgan fingerprint density at radius 2 is 1.97 bits per heavy atom. The van der Waals surface area contributed by atoms with Crippen molar-refractivity contribution in [2.75, 3.05) is 6.54 Å². The summed E-state index contributed by atoms with van der Waals surface area (Å²) >= 11 is 0. The second kappa shape index (κ2) is 11.3. The minimum Gasteiger partial charge on any atom is -0.375 e. The zero-order valence-corrected chi connectivity index (χ0v) is 17.6. The molecule has 0 bridgehead atoms. The molecule has 1 aromatic rings. The maximum atomic E-state index is 13.5. The van der Waals surface area contributed by atoms with Gasteiger partial charge < -0.3 is 21.1 Å². The van der Waals surface area contributed by atoms with Gasteiger partial charge in [-0.2, -0.15) is 0 Å². The van der Waals surface area contributed by atoms with Crippen LogP contribution in [0.1, 0.15) is 38.7 Å². The van der Waals surface area contributed by atoms with E-state index in [-0.39, 0.29) is 23.7 Å². The van der Waals surface area contributed by atoms with E-state index in [1.54, 1.807) is 31.2 Å². The number of benzene rings is 1. The van der Waals surface area contributed by atoms with Crippen LogP contribution in [0.25, 0.3) is 0 Å². The summed E-state index contributed by atoms with van der Waals surface area (Å²) < 4.78 is 13.5. The summed E-state index contributed by atoms with van der Waals surface area (Å²) in [5.74, 6) is -0.203. The molecule has 0 spiro atoms. The van der Waals surface area contributed by atoms with Gasteiger partial charge in [0, 0.05) is 11.5 Å². The van der Waals surface area contributed by atoms with E-state index in [1.807, 2.05) is 6.92 Å². The number of nitrogens with two attached hydrogens (primary N) is 1. The van der Waals surface area contributed by atoms with Gasteiger partial charge in [0.25, 0.3) is 0 Å². The molecule has 0 heterocycles. The van der Waals surface area contributed by atoms with E-state index in [1.165, 1.54) is 12.1 Å². The van der Waals surface area contributed by atoms with Gasteiger partial charge in [-0.1, -0.05) is 12.2 Å². The zero-order chi connectivity index (χ0) is 22.3. The van der Waals surface area contributed by atoms with E-state index >= 15 is 0 Å².